The Balaban J connectivity index is 2.04. The number of aryl methyl sites for hydroxylation is 1. The van der Waals surface area contributed by atoms with E-state index in [0.717, 1.165) is 23.8 Å². The Morgan fingerprint density at radius 1 is 1.14 bits per heavy atom. The molecule has 146 valence electrons. The van der Waals surface area contributed by atoms with E-state index in [1.54, 1.807) is 31.2 Å². The first-order chi connectivity index (χ1) is 13.5. The number of ether oxygens (including phenoxy) is 2. The third-order valence-electron chi connectivity index (χ3n) is 4.25. The van der Waals surface area contributed by atoms with E-state index >= 15 is 0 Å². The van der Waals surface area contributed by atoms with Gasteiger partial charge >= 0.3 is 11.6 Å². The predicted octanol–water partition coefficient (Wildman–Crippen LogP) is 5.08. The van der Waals surface area contributed by atoms with Gasteiger partial charge in [-0.3, -0.25) is 0 Å². The van der Waals surface area contributed by atoms with Crippen LogP contribution in [0.25, 0.3) is 11.0 Å². The monoisotopic (exact) mass is 400 g/mol. The van der Waals surface area contributed by atoms with Gasteiger partial charge in [0.2, 0.25) is 6.10 Å². The van der Waals surface area contributed by atoms with Gasteiger partial charge in [-0.2, -0.15) is 0 Å². The van der Waals surface area contributed by atoms with E-state index in [1.807, 2.05) is 25.1 Å². The summed E-state index contributed by atoms with van der Waals surface area (Å²) in [5, 5.41) is 1.08. The Bertz CT molecular complexity index is 1030. The van der Waals surface area contributed by atoms with Crippen molar-refractivity contribution in [1.29, 1.82) is 0 Å². The number of benzene rings is 2. The maximum Gasteiger partial charge on any atom is 0.352 e. The van der Waals surface area contributed by atoms with Gasteiger partial charge in [0, 0.05) is 23.1 Å². The van der Waals surface area contributed by atoms with Crippen molar-refractivity contribution in [3.63, 3.8) is 0 Å². The maximum atomic E-state index is 12.5. The van der Waals surface area contributed by atoms with Crippen molar-refractivity contribution in [2.75, 3.05) is 6.61 Å². The molecule has 0 saturated carbocycles. The average molecular weight is 401 g/mol. The van der Waals surface area contributed by atoms with Crippen LogP contribution in [0.2, 0.25) is 5.02 Å². The van der Waals surface area contributed by atoms with Crippen LogP contribution in [0.3, 0.4) is 0 Å². The maximum absolute atomic E-state index is 12.5. The standard InChI is InChI=1S/C22H21ClO5/c1-3-8-15-11-20(24)27-18-13-19(17(23)12-16(15)18)28-21(22(25)26-4-2)14-9-6-5-7-10-14/h5-7,9-13,21H,3-4,8H2,1-2H3/t21-/m1/s1. The van der Waals surface area contributed by atoms with E-state index in [4.69, 9.17) is 25.5 Å². The van der Waals surface area contributed by atoms with Crippen molar-refractivity contribution < 1.29 is 18.7 Å². The molecule has 0 unspecified atom stereocenters. The topological polar surface area (TPSA) is 65.7 Å². The molecular weight excluding hydrogens is 380 g/mol. The minimum absolute atomic E-state index is 0.228. The molecule has 3 rings (SSSR count). The van der Waals surface area contributed by atoms with Crippen LogP contribution in [0, 0.1) is 0 Å². The molecule has 0 amide bonds. The molecule has 0 bridgehead atoms. The van der Waals surface area contributed by atoms with Crippen LogP contribution in [0.15, 0.2) is 57.7 Å². The molecule has 1 aromatic heterocycles. The van der Waals surface area contributed by atoms with E-state index in [1.165, 1.54) is 6.07 Å². The zero-order valence-corrected chi connectivity index (χ0v) is 16.5. The highest BCUT2D eigenvalue weighted by atomic mass is 35.5. The van der Waals surface area contributed by atoms with Crippen LogP contribution in [0.5, 0.6) is 5.75 Å². The van der Waals surface area contributed by atoms with Gasteiger partial charge in [0.1, 0.15) is 11.3 Å². The molecule has 2 aromatic carbocycles. The minimum Gasteiger partial charge on any atom is -0.472 e. The number of carbonyl (C=O) groups excluding carboxylic acids is 1. The van der Waals surface area contributed by atoms with Crippen LogP contribution < -0.4 is 10.4 Å². The van der Waals surface area contributed by atoms with Crippen LogP contribution in [0.4, 0.5) is 0 Å². The number of fused-ring (bicyclic) bond motifs is 1. The summed E-state index contributed by atoms with van der Waals surface area (Å²) in [7, 11) is 0. The lowest BCUT2D eigenvalue weighted by Gasteiger charge is -2.19. The van der Waals surface area contributed by atoms with Gasteiger partial charge in [-0.1, -0.05) is 55.3 Å². The van der Waals surface area contributed by atoms with Crippen LogP contribution >= 0.6 is 11.6 Å². The van der Waals surface area contributed by atoms with Gasteiger partial charge < -0.3 is 13.9 Å². The second-order valence-corrected chi connectivity index (χ2v) is 6.69. The molecular formula is C22H21ClO5. The number of carbonyl (C=O) groups is 1. The fraction of sp³-hybridized carbons (Fsp3) is 0.273. The minimum atomic E-state index is -0.985. The fourth-order valence-electron chi connectivity index (χ4n) is 3.02. The van der Waals surface area contributed by atoms with E-state index in [-0.39, 0.29) is 12.4 Å². The molecule has 5 nitrogen and oxygen atoms in total. The lowest BCUT2D eigenvalue weighted by molar-refractivity contribution is -0.151. The summed E-state index contributed by atoms with van der Waals surface area (Å²) in [6, 6.07) is 13.7. The van der Waals surface area contributed by atoms with Gasteiger partial charge in [0.15, 0.2) is 0 Å². The lowest BCUT2D eigenvalue weighted by atomic mass is 10.1. The molecule has 0 aliphatic rings. The fourth-order valence-corrected chi connectivity index (χ4v) is 3.23. The van der Waals surface area contributed by atoms with Gasteiger partial charge in [0.25, 0.3) is 0 Å². The van der Waals surface area contributed by atoms with Gasteiger partial charge in [0.05, 0.1) is 11.6 Å². The quantitative estimate of drug-likeness (QED) is 0.408. The van der Waals surface area contributed by atoms with Crippen molar-refractivity contribution in [2.45, 2.75) is 32.8 Å². The van der Waals surface area contributed by atoms with E-state index in [0.29, 0.717) is 16.2 Å². The highest BCUT2D eigenvalue weighted by Gasteiger charge is 2.25. The zero-order chi connectivity index (χ0) is 20.1. The molecule has 0 spiro atoms. The Morgan fingerprint density at radius 3 is 2.57 bits per heavy atom. The highest BCUT2D eigenvalue weighted by molar-refractivity contribution is 6.32. The Morgan fingerprint density at radius 2 is 1.89 bits per heavy atom. The van der Waals surface area contributed by atoms with E-state index < -0.39 is 17.7 Å². The summed E-state index contributed by atoms with van der Waals surface area (Å²) in [4.78, 5) is 24.4. The molecule has 0 radical (unpaired) electrons. The smallest absolute Gasteiger partial charge is 0.352 e. The summed E-state index contributed by atoms with van der Waals surface area (Å²) < 4.78 is 16.4. The molecule has 6 heteroatoms. The summed E-state index contributed by atoms with van der Waals surface area (Å²) in [5.41, 5.74) is 1.44. The largest absolute Gasteiger partial charge is 0.472 e. The first-order valence-electron chi connectivity index (χ1n) is 9.18. The zero-order valence-electron chi connectivity index (χ0n) is 15.7. The summed E-state index contributed by atoms with van der Waals surface area (Å²) in [5.74, 6) is -0.279. The van der Waals surface area contributed by atoms with Crippen molar-refractivity contribution in [1.82, 2.24) is 0 Å². The first-order valence-corrected chi connectivity index (χ1v) is 9.55. The van der Waals surface area contributed by atoms with Crippen molar-refractivity contribution in [3.8, 4) is 5.75 Å². The summed E-state index contributed by atoms with van der Waals surface area (Å²) in [6.07, 6.45) is 0.628. The Labute approximate surface area is 167 Å². The number of rotatable bonds is 7. The number of hydrogen-bond acceptors (Lipinski definition) is 5. The summed E-state index contributed by atoms with van der Waals surface area (Å²) >= 11 is 6.43. The Kier molecular flexibility index (Phi) is 6.37. The van der Waals surface area contributed by atoms with Crippen molar-refractivity contribution in [2.24, 2.45) is 0 Å². The molecule has 0 saturated heterocycles. The molecule has 3 aromatic rings. The molecule has 1 heterocycles. The van der Waals surface area contributed by atoms with E-state index in [2.05, 4.69) is 0 Å². The van der Waals surface area contributed by atoms with Crippen LogP contribution in [-0.2, 0) is 16.0 Å². The molecule has 0 aliphatic heterocycles. The lowest BCUT2D eigenvalue weighted by Crippen LogP contribution is -2.21. The highest BCUT2D eigenvalue weighted by Crippen LogP contribution is 2.34. The van der Waals surface area contributed by atoms with Gasteiger partial charge in [-0.15, -0.1) is 0 Å². The molecule has 1 atom stereocenters. The van der Waals surface area contributed by atoms with Crippen molar-refractivity contribution >= 4 is 28.5 Å². The second kappa shape index (κ2) is 8.93. The number of esters is 1. The van der Waals surface area contributed by atoms with Gasteiger partial charge in [-0.05, 0) is 25.0 Å². The molecule has 0 N–H and O–H groups in total. The van der Waals surface area contributed by atoms with Crippen LogP contribution in [0.1, 0.15) is 37.5 Å². The SMILES string of the molecule is CCCc1cc(=O)oc2cc(O[C@@H](C(=O)OCC)c3ccccc3)c(Cl)cc12. The summed E-state index contributed by atoms with van der Waals surface area (Å²) in [6.45, 7) is 3.99. The molecule has 0 fully saturated rings. The number of hydrogen-bond donors (Lipinski definition) is 0. The normalized spacial score (nSPS) is 12.0. The average Bonchev–Trinajstić information content (AvgIpc) is 2.68. The third-order valence-corrected chi connectivity index (χ3v) is 4.55. The van der Waals surface area contributed by atoms with Crippen LogP contribution in [-0.4, -0.2) is 12.6 Å². The predicted molar refractivity (Wildman–Crippen MR) is 108 cm³/mol. The molecule has 28 heavy (non-hydrogen) atoms. The Hall–Kier alpha value is -2.79. The third kappa shape index (κ3) is 4.37. The van der Waals surface area contributed by atoms with E-state index in [9.17, 15) is 9.59 Å². The second-order valence-electron chi connectivity index (χ2n) is 6.28. The number of halogens is 1. The van der Waals surface area contributed by atoms with Crippen molar-refractivity contribution in [3.05, 3.63) is 75.1 Å². The first kappa shape index (κ1) is 20.0. The van der Waals surface area contributed by atoms with Gasteiger partial charge in [-0.25, -0.2) is 9.59 Å². The molecule has 0 aliphatic carbocycles.